The molecule has 0 radical (unpaired) electrons. The molecule has 2 nitrogen and oxygen atoms in total. The van der Waals surface area contributed by atoms with Crippen molar-refractivity contribution in [2.24, 2.45) is 0 Å². The Balaban J connectivity index is 2.22. The summed E-state index contributed by atoms with van der Waals surface area (Å²) in [6.07, 6.45) is 0.768. The first-order valence-corrected chi connectivity index (χ1v) is 7.43. The van der Waals surface area contributed by atoms with Crippen LogP contribution in [0.5, 0.6) is 0 Å². The van der Waals surface area contributed by atoms with Gasteiger partial charge < -0.3 is 10.6 Å². The van der Waals surface area contributed by atoms with E-state index >= 15 is 0 Å². The van der Waals surface area contributed by atoms with Crippen LogP contribution in [0.1, 0.15) is 30.5 Å². The lowest BCUT2D eigenvalue weighted by atomic mass is 10.0. The molecule has 0 atom stereocenters. The Morgan fingerprint density at radius 2 is 1.62 bits per heavy atom. The minimum atomic E-state index is -0.157. The first-order chi connectivity index (χ1) is 10.0. The van der Waals surface area contributed by atoms with Gasteiger partial charge in [0.2, 0.25) is 0 Å². The van der Waals surface area contributed by atoms with Gasteiger partial charge in [-0.2, -0.15) is 0 Å². The molecule has 0 unspecified atom stereocenters. The largest absolute Gasteiger partial charge is 0.397 e. The van der Waals surface area contributed by atoms with E-state index in [9.17, 15) is 4.39 Å². The molecule has 0 saturated heterocycles. The van der Waals surface area contributed by atoms with Gasteiger partial charge in [0, 0.05) is 13.1 Å². The summed E-state index contributed by atoms with van der Waals surface area (Å²) in [6, 6.07) is 11.4. The Hall–Kier alpha value is -2.03. The minimum Gasteiger partial charge on any atom is -0.397 e. The predicted molar refractivity (Wildman–Crippen MR) is 88.4 cm³/mol. The van der Waals surface area contributed by atoms with Gasteiger partial charge in [0.15, 0.2) is 0 Å². The van der Waals surface area contributed by atoms with Gasteiger partial charge in [-0.15, -0.1) is 0 Å². The van der Waals surface area contributed by atoms with Crippen LogP contribution in [0.4, 0.5) is 15.8 Å². The van der Waals surface area contributed by atoms with E-state index in [2.05, 4.69) is 30.9 Å². The number of nitrogens with two attached hydrogens (primary N) is 1. The second-order valence-corrected chi connectivity index (χ2v) is 5.33. The second kappa shape index (κ2) is 6.61. The van der Waals surface area contributed by atoms with Crippen LogP contribution in [0, 0.1) is 12.7 Å². The molecule has 2 aromatic rings. The first kappa shape index (κ1) is 15.4. The molecule has 0 heterocycles. The summed E-state index contributed by atoms with van der Waals surface area (Å²) >= 11 is 0. The maximum Gasteiger partial charge on any atom is 0.126 e. The van der Waals surface area contributed by atoms with Crippen molar-refractivity contribution in [3.05, 3.63) is 58.9 Å². The molecule has 2 rings (SSSR count). The highest BCUT2D eigenvalue weighted by Crippen LogP contribution is 2.25. The van der Waals surface area contributed by atoms with Crippen molar-refractivity contribution in [2.75, 3.05) is 23.7 Å². The van der Waals surface area contributed by atoms with Crippen LogP contribution in [-0.2, 0) is 6.42 Å². The van der Waals surface area contributed by atoms with Crippen LogP contribution in [0.2, 0.25) is 0 Å². The summed E-state index contributed by atoms with van der Waals surface area (Å²) in [5.74, 6) is -0.157. The molecule has 0 aliphatic carbocycles. The monoisotopic (exact) mass is 286 g/mol. The van der Waals surface area contributed by atoms with Gasteiger partial charge >= 0.3 is 0 Å². The normalized spacial score (nSPS) is 10.7. The molecule has 3 heteroatoms. The van der Waals surface area contributed by atoms with E-state index in [-0.39, 0.29) is 5.82 Å². The molecule has 0 spiro atoms. The highest BCUT2D eigenvalue weighted by molar-refractivity contribution is 5.68. The maximum absolute atomic E-state index is 13.3. The van der Waals surface area contributed by atoms with Gasteiger partial charge in [-0.25, -0.2) is 4.39 Å². The van der Waals surface area contributed by atoms with Crippen molar-refractivity contribution in [3.63, 3.8) is 0 Å². The number of nitrogen functional groups attached to an aromatic ring is 1. The number of aryl methyl sites for hydroxylation is 1. The third kappa shape index (κ3) is 3.54. The Labute approximate surface area is 126 Å². The molecule has 21 heavy (non-hydrogen) atoms. The fourth-order valence-corrected chi connectivity index (χ4v) is 2.62. The smallest absolute Gasteiger partial charge is 0.126 e. The SMILES string of the molecule is CCN(CC)c1ccc(Cc2ccc(F)c(C)c2)cc1N. The van der Waals surface area contributed by atoms with Gasteiger partial charge in [-0.3, -0.25) is 0 Å². The molecule has 2 N–H and O–H groups in total. The van der Waals surface area contributed by atoms with Crippen LogP contribution in [0.25, 0.3) is 0 Å². The third-order valence-electron chi connectivity index (χ3n) is 3.83. The molecule has 0 aliphatic heterocycles. The van der Waals surface area contributed by atoms with Crippen LogP contribution in [0.15, 0.2) is 36.4 Å². The van der Waals surface area contributed by atoms with Crippen molar-refractivity contribution in [2.45, 2.75) is 27.2 Å². The third-order valence-corrected chi connectivity index (χ3v) is 3.83. The summed E-state index contributed by atoms with van der Waals surface area (Å²) in [5.41, 5.74) is 11.0. The van der Waals surface area contributed by atoms with Gasteiger partial charge in [0.1, 0.15) is 5.82 Å². The van der Waals surface area contributed by atoms with Gasteiger partial charge in [-0.1, -0.05) is 18.2 Å². The van der Waals surface area contributed by atoms with Crippen molar-refractivity contribution in [3.8, 4) is 0 Å². The number of hydrogen-bond donors (Lipinski definition) is 1. The summed E-state index contributed by atoms with van der Waals surface area (Å²) in [4.78, 5) is 2.24. The number of rotatable bonds is 5. The number of hydrogen-bond acceptors (Lipinski definition) is 2. The van der Waals surface area contributed by atoms with Crippen molar-refractivity contribution in [1.82, 2.24) is 0 Å². The lowest BCUT2D eigenvalue weighted by Gasteiger charge is -2.23. The topological polar surface area (TPSA) is 29.3 Å². The Morgan fingerprint density at radius 1 is 1.00 bits per heavy atom. The molecule has 0 bridgehead atoms. The van der Waals surface area contributed by atoms with Crippen molar-refractivity contribution >= 4 is 11.4 Å². The van der Waals surface area contributed by atoms with E-state index in [1.807, 2.05) is 18.2 Å². The van der Waals surface area contributed by atoms with Gasteiger partial charge in [0.25, 0.3) is 0 Å². The average Bonchev–Trinajstić information content (AvgIpc) is 2.46. The number of nitrogens with zero attached hydrogens (tertiary/aromatic N) is 1. The average molecular weight is 286 g/mol. The van der Waals surface area contributed by atoms with E-state index in [0.717, 1.165) is 42.0 Å². The standard InChI is InChI=1S/C18H23FN2/c1-4-21(5-2)18-9-7-15(12-17(18)20)11-14-6-8-16(19)13(3)10-14/h6-10,12H,4-5,11,20H2,1-3H3. The zero-order valence-corrected chi connectivity index (χ0v) is 13.0. The molecule has 0 fully saturated rings. The fourth-order valence-electron chi connectivity index (χ4n) is 2.62. The lowest BCUT2D eigenvalue weighted by Crippen LogP contribution is -2.22. The van der Waals surface area contributed by atoms with E-state index in [4.69, 9.17) is 5.73 Å². The zero-order valence-electron chi connectivity index (χ0n) is 13.0. The number of halogens is 1. The highest BCUT2D eigenvalue weighted by Gasteiger charge is 2.07. The molecule has 0 aromatic heterocycles. The fraction of sp³-hybridized carbons (Fsp3) is 0.333. The van der Waals surface area contributed by atoms with Crippen LogP contribution in [0.3, 0.4) is 0 Å². The molecule has 0 saturated carbocycles. The second-order valence-electron chi connectivity index (χ2n) is 5.33. The van der Waals surface area contributed by atoms with E-state index in [1.165, 1.54) is 6.07 Å². The van der Waals surface area contributed by atoms with Crippen LogP contribution < -0.4 is 10.6 Å². The Bertz CT molecular complexity index is 619. The van der Waals surface area contributed by atoms with E-state index in [1.54, 1.807) is 6.92 Å². The lowest BCUT2D eigenvalue weighted by molar-refractivity contribution is 0.618. The molecular weight excluding hydrogens is 263 g/mol. The molecular formula is C18H23FN2. The predicted octanol–water partition coefficient (Wildman–Crippen LogP) is 4.15. The Morgan fingerprint density at radius 3 is 2.19 bits per heavy atom. The maximum atomic E-state index is 13.3. The van der Waals surface area contributed by atoms with E-state index in [0.29, 0.717) is 5.56 Å². The van der Waals surface area contributed by atoms with Gasteiger partial charge in [0.05, 0.1) is 11.4 Å². The van der Waals surface area contributed by atoms with Crippen molar-refractivity contribution in [1.29, 1.82) is 0 Å². The summed E-state index contributed by atoms with van der Waals surface area (Å²) in [5, 5.41) is 0. The molecule has 2 aromatic carbocycles. The highest BCUT2D eigenvalue weighted by atomic mass is 19.1. The number of benzene rings is 2. The number of anilines is 2. The quantitative estimate of drug-likeness (QED) is 0.836. The molecule has 0 aliphatic rings. The summed E-state index contributed by atoms with van der Waals surface area (Å²) in [7, 11) is 0. The molecule has 0 amide bonds. The van der Waals surface area contributed by atoms with Crippen LogP contribution in [-0.4, -0.2) is 13.1 Å². The van der Waals surface area contributed by atoms with Crippen LogP contribution >= 0.6 is 0 Å². The summed E-state index contributed by atoms with van der Waals surface area (Å²) in [6.45, 7) is 7.92. The minimum absolute atomic E-state index is 0.157. The zero-order chi connectivity index (χ0) is 15.4. The van der Waals surface area contributed by atoms with Crippen molar-refractivity contribution < 1.29 is 4.39 Å². The summed E-state index contributed by atoms with van der Waals surface area (Å²) < 4.78 is 13.3. The Kier molecular flexibility index (Phi) is 4.84. The first-order valence-electron chi connectivity index (χ1n) is 7.43. The molecule has 112 valence electrons. The van der Waals surface area contributed by atoms with Gasteiger partial charge in [-0.05, 0) is 62.1 Å². The van der Waals surface area contributed by atoms with E-state index < -0.39 is 0 Å².